The molecule has 0 atom stereocenters. The predicted molar refractivity (Wildman–Crippen MR) is 118 cm³/mol. The molecule has 0 saturated heterocycles. The first-order valence-corrected chi connectivity index (χ1v) is 10.0. The van der Waals surface area contributed by atoms with Gasteiger partial charge in [-0.1, -0.05) is 36.4 Å². The molecule has 5 nitrogen and oxygen atoms in total. The Morgan fingerprint density at radius 2 is 1.82 bits per heavy atom. The van der Waals surface area contributed by atoms with Crippen LogP contribution in [-0.2, 0) is 17.8 Å². The summed E-state index contributed by atoms with van der Waals surface area (Å²) in [6.07, 6.45) is -1.50. The second-order valence-corrected chi connectivity index (χ2v) is 7.39. The maximum absolute atomic E-state index is 12.4. The number of alkyl halides is 3. The summed E-state index contributed by atoms with van der Waals surface area (Å²) >= 11 is 0. The highest BCUT2D eigenvalue weighted by Crippen LogP contribution is 2.32. The number of carbonyl (C=O) groups excluding carboxylic acids is 1. The van der Waals surface area contributed by atoms with E-state index in [4.69, 9.17) is 0 Å². The molecular weight excluding hydrogens is 433 g/mol. The highest BCUT2D eigenvalue weighted by molar-refractivity contribution is 5.98. The molecule has 0 unspecified atom stereocenters. The normalized spacial score (nSPS) is 11.4. The molecule has 0 saturated carbocycles. The van der Waals surface area contributed by atoms with E-state index in [2.05, 4.69) is 15.0 Å². The van der Waals surface area contributed by atoms with E-state index in [1.807, 2.05) is 24.3 Å². The van der Waals surface area contributed by atoms with Gasteiger partial charge in [-0.05, 0) is 58.0 Å². The number of nitrogens with one attached hydrogen (secondary N) is 1. The Morgan fingerprint density at radius 1 is 1.00 bits per heavy atom. The number of phenols is 1. The van der Waals surface area contributed by atoms with Crippen molar-refractivity contribution in [3.05, 3.63) is 90.3 Å². The predicted octanol–water partition coefficient (Wildman–Crippen LogP) is 5.36. The Hall–Kier alpha value is -4.07. The Morgan fingerprint density at radius 3 is 2.61 bits per heavy atom. The van der Waals surface area contributed by atoms with Gasteiger partial charge in [0.05, 0.1) is 6.42 Å². The van der Waals surface area contributed by atoms with Crippen LogP contribution in [0, 0.1) is 0 Å². The van der Waals surface area contributed by atoms with E-state index >= 15 is 0 Å². The van der Waals surface area contributed by atoms with E-state index < -0.39 is 6.36 Å². The lowest BCUT2D eigenvalue weighted by Gasteiger charge is -2.13. The summed E-state index contributed by atoms with van der Waals surface area (Å²) < 4.78 is 41.1. The number of aromatic hydroxyl groups is 1. The molecular formula is C25H19F3N2O3. The van der Waals surface area contributed by atoms with Gasteiger partial charge in [-0.3, -0.25) is 9.78 Å². The molecule has 2 N–H and O–H groups in total. The van der Waals surface area contributed by atoms with Gasteiger partial charge >= 0.3 is 6.36 Å². The maximum atomic E-state index is 12.4. The maximum Gasteiger partial charge on any atom is 0.573 e. The molecule has 4 rings (SSSR count). The van der Waals surface area contributed by atoms with E-state index in [1.165, 1.54) is 18.2 Å². The summed E-state index contributed by atoms with van der Waals surface area (Å²) in [6.45, 7) is 0.222. The van der Waals surface area contributed by atoms with Crippen LogP contribution in [0.2, 0.25) is 0 Å². The minimum absolute atomic E-state index is 0.0907. The standard InChI is InChI=1S/C25H19F3N2O3/c26-25(27,28)33-20-6-1-3-16(11-20)12-24(32)30-14-18-7-8-21(17-4-2-5-19(31)13-17)22-9-10-29-15-23(18)22/h1-11,13,15,31H,12,14H2,(H,30,32). The van der Waals surface area contributed by atoms with Crippen LogP contribution in [0.4, 0.5) is 13.2 Å². The molecule has 8 heteroatoms. The number of hydrogen-bond donors (Lipinski definition) is 2. The van der Waals surface area contributed by atoms with Crippen LogP contribution in [-0.4, -0.2) is 22.4 Å². The molecule has 0 radical (unpaired) electrons. The van der Waals surface area contributed by atoms with Crippen molar-refractivity contribution in [2.24, 2.45) is 0 Å². The molecule has 168 valence electrons. The van der Waals surface area contributed by atoms with Gasteiger partial charge in [0.15, 0.2) is 0 Å². The average molecular weight is 452 g/mol. The molecule has 0 spiro atoms. The van der Waals surface area contributed by atoms with Crippen LogP contribution in [0.25, 0.3) is 21.9 Å². The van der Waals surface area contributed by atoms with Crippen molar-refractivity contribution in [1.82, 2.24) is 10.3 Å². The smallest absolute Gasteiger partial charge is 0.508 e. The van der Waals surface area contributed by atoms with Gasteiger partial charge in [0.2, 0.25) is 5.91 Å². The summed E-state index contributed by atoms with van der Waals surface area (Å²) in [4.78, 5) is 16.6. The fourth-order valence-electron chi connectivity index (χ4n) is 3.62. The molecule has 0 aliphatic carbocycles. The molecule has 0 aliphatic heterocycles. The lowest BCUT2D eigenvalue weighted by atomic mass is 9.96. The number of rotatable bonds is 6. The number of pyridine rings is 1. The van der Waals surface area contributed by atoms with Crippen molar-refractivity contribution in [2.45, 2.75) is 19.3 Å². The molecule has 0 fully saturated rings. The van der Waals surface area contributed by atoms with E-state index in [0.29, 0.717) is 5.56 Å². The van der Waals surface area contributed by atoms with Gasteiger partial charge in [-0.2, -0.15) is 0 Å². The lowest BCUT2D eigenvalue weighted by molar-refractivity contribution is -0.274. The Bertz CT molecular complexity index is 1310. The SMILES string of the molecule is O=C(Cc1cccc(OC(F)(F)F)c1)NCc1ccc(-c2cccc(O)c2)c2ccncc12. The second-order valence-electron chi connectivity index (χ2n) is 7.39. The van der Waals surface area contributed by atoms with Gasteiger partial charge in [0.25, 0.3) is 0 Å². The molecule has 1 aromatic heterocycles. The fourth-order valence-corrected chi connectivity index (χ4v) is 3.62. The van der Waals surface area contributed by atoms with Crippen molar-refractivity contribution in [3.63, 3.8) is 0 Å². The zero-order valence-corrected chi connectivity index (χ0v) is 17.3. The van der Waals surface area contributed by atoms with Crippen molar-refractivity contribution in [3.8, 4) is 22.6 Å². The molecule has 0 bridgehead atoms. The van der Waals surface area contributed by atoms with Gasteiger partial charge in [0, 0.05) is 24.3 Å². The van der Waals surface area contributed by atoms with E-state index in [0.717, 1.165) is 27.5 Å². The third-order valence-electron chi connectivity index (χ3n) is 5.04. The fraction of sp³-hybridized carbons (Fsp3) is 0.120. The number of fused-ring (bicyclic) bond motifs is 1. The number of ether oxygens (including phenoxy) is 1. The number of amides is 1. The Labute approximate surface area is 187 Å². The molecule has 1 heterocycles. The quantitative estimate of drug-likeness (QED) is 0.413. The van der Waals surface area contributed by atoms with Crippen LogP contribution < -0.4 is 10.1 Å². The number of phenolic OH excluding ortho intramolecular Hbond substituents is 1. The highest BCUT2D eigenvalue weighted by atomic mass is 19.4. The summed E-state index contributed by atoms with van der Waals surface area (Å²) in [5, 5.41) is 14.4. The van der Waals surface area contributed by atoms with E-state index in [9.17, 15) is 23.1 Å². The number of nitrogens with zero attached hydrogens (tertiary/aromatic N) is 1. The van der Waals surface area contributed by atoms with Crippen LogP contribution >= 0.6 is 0 Å². The van der Waals surface area contributed by atoms with Crippen LogP contribution in [0.15, 0.2) is 79.1 Å². The van der Waals surface area contributed by atoms with Crippen molar-refractivity contribution >= 4 is 16.7 Å². The van der Waals surface area contributed by atoms with Crippen LogP contribution in [0.1, 0.15) is 11.1 Å². The van der Waals surface area contributed by atoms with Crippen molar-refractivity contribution in [1.29, 1.82) is 0 Å². The number of halogens is 3. The summed E-state index contributed by atoms with van der Waals surface area (Å²) in [6, 6.07) is 17.9. The van der Waals surface area contributed by atoms with Gasteiger partial charge in [-0.15, -0.1) is 13.2 Å². The molecule has 0 aliphatic rings. The molecule has 3 aromatic carbocycles. The first kappa shape index (κ1) is 22.1. The van der Waals surface area contributed by atoms with E-state index in [1.54, 1.807) is 36.7 Å². The van der Waals surface area contributed by atoms with Gasteiger partial charge in [-0.25, -0.2) is 0 Å². The topological polar surface area (TPSA) is 71.5 Å². The molecule has 33 heavy (non-hydrogen) atoms. The van der Waals surface area contributed by atoms with E-state index in [-0.39, 0.29) is 30.4 Å². The zero-order valence-electron chi connectivity index (χ0n) is 17.3. The Balaban J connectivity index is 1.49. The number of hydrogen-bond acceptors (Lipinski definition) is 4. The van der Waals surface area contributed by atoms with Crippen LogP contribution in [0.3, 0.4) is 0 Å². The van der Waals surface area contributed by atoms with Crippen molar-refractivity contribution in [2.75, 3.05) is 0 Å². The third kappa shape index (κ3) is 5.60. The number of carbonyl (C=O) groups is 1. The van der Waals surface area contributed by atoms with Crippen LogP contribution in [0.5, 0.6) is 11.5 Å². The summed E-state index contributed by atoms with van der Waals surface area (Å²) in [5.74, 6) is -0.545. The second kappa shape index (κ2) is 9.20. The van der Waals surface area contributed by atoms with Gasteiger partial charge in [0.1, 0.15) is 11.5 Å². The highest BCUT2D eigenvalue weighted by Gasteiger charge is 2.31. The molecule has 4 aromatic rings. The number of aromatic nitrogens is 1. The summed E-state index contributed by atoms with van der Waals surface area (Å²) in [7, 11) is 0. The van der Waals surface area contributed by atoms with Gasteiger partial charge < -0.3 is 15.2 Å². The molecule has 1 amide bonds. The largest absolute Gasteiger partial charge is 0.573 e. The minimum Gasteiger partial charge on any atom is -0.508 e. The first-order chi connectivity index (χ1) is 15.8. The average Bonchev–Trinajstić information content (AvgIpc) is 2.76. The number of benzene rings is 3. The third-order valence-corrected chi connectivity index (χ3v) is 5.04. The first-order valence-electron chi connectivity index (χ1n) is 10.0. The monoisotopic (exact) mass is 452 g/mol. The lowest BCUT2D eigenvalue weighted by Crippen LogP contribution is -2.24. The Kier molecular flexibility index (Phi) is 6.17. The summed E-state index contributed by atoms with van der Waals surface area (Å²) in [5.41, 5.74) is 3.01. The minimum atomic E-state index is -4.79. The zero-order chi connectivity index (χ0) is 23.4. The van der Waals surface area contributed by atoms with Crippen molar-refractivity contribution < 1.29 is 27.8 Å².